The number of ether oxygens (including phenoxy) is 3. The van der Waals surface area contributed by atoms with Gasteiger partial charge in [0.15, 0.2) is 5.79 Å². The first kappa shape index (κ1) is 8.21. The zero-order valence-corrected chi connectivity index (χ0v) is 7.99. The average Bonchev–Trinajstić information content (AvgIpc) is 2.85. The lowest BCUT2D eigenvalue weighted by atomic mass is 9.95. The Morgan fingerprint density at radius 2 is 2.23 bits per heavy atom. The molecule has 0 aromatic carbocycles. The van der Waals surface area contributed by atoms with Crippen LogP contribution in [-0.2, 0) is 14.2 Å². The predicted octanol–water partition coefficient (Wildman–Crippen LogP) is 1.46. The monoisotopic (exact) mass is 184 g/mol. The molecule has 13 heavy (non-hydrogen) atoms. The summed E-state index contributed by atoms with van der Waals surface area (Å²) in [5.41, 5.74) is 0. The van der Waals surface area contributed by atoms with E-state index in [1.165, 1.54) is 6.42 Å². The number of epoxide rings is 1. The molecule has 0 saturated carbocycles. The van der Waals surface area contributed by atoms with Gasteiger partial charge in [0.1, 0.15) is 6.10 Å². The van der Waals surface area contributed by atoms with E-state index in [9.17, 15) is 0 Å². The molecule has 3 saturated heterocycles. The van der Waals surface area contributed by atoms with Crippen LogP contribution in [-0.4, -0.2) is 30.7 Å². The first-order valence-electron chi connectivity index (χ1n) is 5.27. The zero-order chi connectivity index (χ0) is 8.89. The molecule has 3 heteroatoms. The van der Waals surface area contributed by atoms with Crippen LogP contribution >= 0.6 is 0 Å². The molecule has 0 bridgehead atoms. The van der Waals surface area contributed by atoms with Crippen LogP contribution in [0.4, 0.5) is 0 Å². The minimum absolute atomic E-state index is 0.240. The van der Waals surface area contributed by atoms with Crippen molar-refractivity contribution in [2.75, 3.05) is 6.61 Å². The highest BCUT2D eigenvalue weighted by atomic mass is 16.8. The van der Waals surface area contributed by atoms with E-state index < -0.39 is 0 Å². The summed E-state index contributed by atoms with van der Waals surface area (Å²) in [4.78, 5) is 0. The Morgan fingerprint density at radius 1 is 1.31 bits per heavy atom. The van der Waals surface area contributed by atoms with E-state index in [0.29, 0.717) is 12.2 Å². The molecule has 3 aliphatic rings. The lowest BCUT2D eigenvalue weighted by Gasteiger charge is -2.40. The van der Waals surface area contributed by atoms with E-state index in [0.717, 1.165) is 25.9 Å². The molecule has 3 aliphatic heterocycles. The van der Waals surface area contributed by atoms with Gasteiger partial charge in [0, 0.05) is 12.8 Å². The first-order chi connectivity index (χ1) is 6.30. The van der Waals surface area contributed by atoms with Crippen molar-refractivity contribution in [3.63, 3.8) is 0 Å². The molecule has 0 aromatic rings. The summed E-state index contributed by atoms with van der Waals surface area (Å²) < 4.78 is 17.3. The molecule has 3 heterocycles. The Morgan fingerprint density at radius 3 is 3.00 bits per heavy atom. The van der Waals surface area contributed by atoms with E-state index in [1.807, 2.05) is 0 Å². The minimum Gasteiger partial charge on any atom is -0.364 e. The van der Waals surface area contributed by atoms with Gasteiger partial charge in [0.05, 0.1) is 18.8 Å². The van der Waals surface area contributed by atoms with Crippen LogP contribution in [0.5, 0.6) is 0 Å². The van der Waals surface area contributed by atoms with E-state index in [1.54, 1.807) is 0 Å². The molecule has 0 unspecified atom stereocenters. The number of hydrogen-bond donors (Lipinski definition) is 0. The highest BCUT2D eigenvalue weighted by Gasteiger charge is 2.61. The Kier molecular flexibility index (Phi) is 1.70. The number of fused-ring (bicyclic) bond motifs is 2. The topological polar surface area (TPSA) is 31.0 Å². The minimum atomic E-state index is -0.361. The van der Waals surface area contributed by atoms with Crippen LogP contribution < -0.4 is 0 Å². The summed E-state index contributed by atoms with van der Waals surface area (Å²) in [7, 11) is 0. The van der Waals surface area contributed by atoms with Crippen molar-refractivity contribution in [1.29, 1.82) is 0 Å². The van der Waals surface area contributed by atoms with Crippen molar-refractivity contribution in [3.05, 3.63) is 0 Å². The molecule has 0 N–H and O–H groups in total. The fourth-order valence-electron chi connectivity index (χ4n) is 2.60. The Balaban J connectivity index is 1.79. The fraction of sp³-hybridized carbons (Fsp3) is 1.00. The maximum absolute atomic E-state index is 5.92. The Bertz CT molecular complexity index is 210. The predicted molar refractivity (Wildman–Crippen MR) is 46.4 cm³/mol. The molecular weight excluding hydrogens is 168 g/mol. The molecule has 3 fully saturated rings. The van der Waals surface area contributed by atoms with Crippen molar-refractivity contribution in [2.24, 2.45) is 0 Å². The van der Waals surface area contributed by atoms with Gasteiger partial charge in [-0.3, -0.25) is 0 Å². The van der Waals surface area contributed by atoms with E-state index in [4.69, 9.17) is 14.2 Å². The summed E-state index contributed by atoms with van der Waals surface area (Å²) in [6, 6.07) is 0. The van der Waals surface area contributed by atoms with Crippen LogP contribution in [0.15, 0.2) is 0 Å². The van der Waals surface area contributed by atoms with Crippen molar-refractivity contribution >= 4 is 0 Å². The zero-order valence-electron chi connectivity index (χ0n) is 7.99. The molecule has 3 nitrogen and oxygen atoms in total. The third-order valence-electron chi connectivity index (χ3n) is 3.25. The van der Waals surface area contributed by atoms with Crippen LogP contribution in [0.2, 0.25) is 0 Å². The molecule has 74 valence electrons. The maximum atomic E-state index is 5.92. The van der Waals surface area contributed by atoms with Gasteiger partial charge in [0.2, 0.25) is 0 Å². The highest BCUT2D eigenvalue weighted by Crippen LogP contribution is 2.47. The SMILES string of the molecule is C[C@@H]1C[C@H]2O[C@H]2[C@]2(CCCCO2)O1. The van der Waals surface area contributed by atoms with Crippen molar-refractivity contribution < 1.29 is 14.2 Å². The average molecular weight is 184 g/mol. The maximum Gasteiger partial charge on any atom is 0.197 e. The summed E-state index contributed by atoms with van der Waals surface area (Å²) in [5, 5.41) is 0. The lowest BCUT2D eigenvalue weighted by Crippen LogP contribution is -2.50. The van der Waals surface area contributed by atoms with Gasteiger partial charge in [-0.2, -0.15) is 0 Å². The Labute approximate surface area is 78.3 Å². The third-order valence-corrected chi connectivity index (χ3v) is 3.25. The third kappa shape index (κ3) is 1.22. The molecule has 1 spiro atoms. The summed E-state index contributed by atoms with van der Waals surface area (Å²) >= 11 is 0. The van der Waals surface area contributed by atoms with E-state index in [-0.39, 0.29) is 11.9 Å². The Hall–Kier alpha value is -0.120. The summed E-state index contributed by atoms with van der Waals surface area (Å²) in [6.07, 6.45) is 5.37. The number of hydrogen-bond acceptors (Lipinski definition) is 3. The first-order valence-corrected chi connectivity index (χ1v) is 5.27. The van der Waals surface area contributed by atoms with Crippen LogP contribution in [0.25, 0.3) is 0 Å². The standard InChI is InChI=1S/C10H16O3/c1-7-6-8-9(12-8)10(13-7)4-2-3-5-11-10/h7-9H,2-6H2,1H3/t7-,8-,9-,10+/m1/s1. The summed E-state index contributed by atoms with van der Waals surface area (Å²) in [6.45, 7) is 2.94. The fourth-order valence-corrected chi connectivity index (χ4v) is 2.60. The van der Waals surface area contributed by atoms with Gasteiger partial charge >= 0.3 is 0 Å². The summed E-state index contributed by atoms with van der Waals surface area (Å²) in [5.74, 6) is -0.361. The van der Waals surface area contributed by atoms with E-state index >= 15 is 0 Å². The van der Waals surface area contributed by atoms with Gasteiger partial charge < -0.3 is 14.2 Å². The molecule has 4 atom stereocenters. The largest absolute Gasteiger partial charge is 0.364 e. The molecule has 0 radical (unpaired) electrons. The van der Waals surface area contributed by atoms with Crippen molar-refractivity contribution in [1.82, 2.24) is 0 Å². The van der Waals surface area contributed by atoms with Gasteiger partial charge in [-0.05, 0) is 19.8 Å². The highest BCUT2D eigenvalue weighted by molar-refractivity contribution is 5.02. The van der Waals surface area contributed by atoms with Gasteiger partial charge in [-0.25, -0.2) is 0 Å². The van der Waals surface area contributed by atoms with Crippen molar-refractivity contribution in [3.8, 4) is 0 Å². The van der Waals surface area contributed by atoms with Gasteiger partial charge in [-0.15, -0.1) is 0 Å². The van der Waals surface area contributed by atoms with Crippen molar-refractivity contribution in [2.45, 2.75) is 56.7 Å². The van der Waals surface area contributed by atoms with Gasteiger partial charge in [-0.1, -0.05) is 0 Å². The van der Waals surface area contributed by atoms with E-state index in [2.05, 4.69) is 6.92 Å². The second kappa shape index (κ2) is 2.69. The lowest BCUT2D eigenvalue weighted by molar-refractivity contribution is -0.288. The second-order valence-corrected chi connectivity index (χ2v) is 4.38. The quantitative estimate of drug-likeness (QED) is 0.534. The molecule has 3 rings (SSSR count). The molecular formula is C10H16O3. The van der Waals surface area contributed by atoms with Crippen LogP contribution in [0, 0.1) is 0 Å². The normalized spacial score (nSPS) is 54.7. The molecule has 0 amide bonds. The second-order valence-electron chi connectivity index (χ2n) is 4.38. The van der Waals surface area contributed by atoms with Crippen LogP contribution in [0.1, 0.15) is 32.6 Å². The smallest absolute Gasteiger partial charge is 0.197 e. The molecule has 0 aliphatic carbocycles. The van der Waals surface area contributed by atoms with Gasteiger partial charge in [0.25, 0.3) is 0 Å². The molecule has 0 aromatic heterocycles. The van der Waals surface area contributed by atoms with Crippen LogP contribution in [0.3, 0.4) is 0 Å². The number of rotatable bonds is 0.